The van der Waals surface area contributed by atoms with Crippen molar-refractivity contribution in [1.82, 2.24) is 20.1 Å². The average Bonchev–Trinajstić information content (AvgIpc) is 3.42. The fourth-order valence-corrected chi connectivity index (χ4v) is 4.45. The molecule has 2 aromatic heterocycles. The Bertz CT molecular complexity index is 1310. The van der Waals surface area contributed by atoms with E-state index < -0.39 is 0 Å². The standard InChI is InChI=1S/C26H24N6O3S/c33-23(18-36-26-30-29-24(35-26)20-7-4-12-27-17-20)28-21-8-10-22(11-9-21)31-13-15-32(16-14-31)25(34)19-5-2-1-3-6-19/h1-12,17H,13-16,18H2,(H,28,33). The predicted molar refractivity (Wildman–Crippen MR) is 138 cm³/mol. The first-order valence-corrected chi connectivity index (χ1v) is 12.5. The number of anilines is 2. The molecular formula is C26H24N6O3S. The number of hydrogen-bond acceptors (Lipinski definition) is 8. The van der Waals surface area contributed by atoms with E-state index in [1.807, 2.05) is 65.6 Å². The van der Waals surface area contributed by atoms with E-state index >= 15 is 0 Å². The van der Waals surface area contributed by atoms with E-state index in [0.29, 0.717) is 29.9 Å². The number of carbonyl (C=O) groups excluding carboxylic acids is 2. The summed E-state index contributed by atoms with van der Waals surface area (Å²) in [7, 11) is 0. The molecule has 9 nitrogen and oxygen atoms in total. The van der Waals surface area contributed by atoms with Crippen molar-refractivity contribution in [3.05, 3.63) is 84.7 Å². The molecule has 36 heavy (non-hydrogen) atoms. The molecule has 1 N–H and O–H groups in total. The maximum absolute atomic E-state index is 12.7. The number of pyridine rings is 1. The molecule has 182 valence electrons. The number of hydrogen-bond donors (Lipinski definition) is 1. The fraction of sp³-hybridized carbons (Fsp3) is 0.192. The number of rotatable bonds is 7. The van der Waals surface area contributed by atoms with E-state index in [2.05, 4.69) is 25.4 Å². The molecule has 1 saturated heterocycles. The molecule has 2 amide bonds. The number of thioether (sulfide) groups is 1. The number of piperazine rings is 1. The third-order valence-electron chi connectivity index (χ3n) is 5.75. The molecule has 1 aliphatic rings. The number of amides is 2. The number of benzene rings is 2. The minimum atomic E-state index is -0.165. The van der Waals surface area contributed by atoms with Gasteiger partial charge >= 0.3 is 0 Å². The maximum Gasteiger partial charge on any atom is 0.277 e. The number of nitrogens with one attached hydrogen (secondary N) is 1. The highest BCUT2D eigenvalue weighted by Crippen LogP contribution is 2.23. The van der Waals surface area contributed by atoms with Crippen molar-refractivity contribution < 1.29 is 14.0 Å². The van der Waals surface area contributed by atoms with Crippen molar-refractivity contribution in [2.24, 2.45) is 0 Å². The quantitative estimate of drug-likeness (QED) is 0.382. The summed E-state index contributed by atoms with van der Waals surface area (Å²) >= 11 is 1.18. The normalized spacial score (nSPS) is 13.4. The molecule has 0 saturated carbocycles. The van der Waals surface area contributed by atoms with Gasteiger partial charge in [-0.15, -0.1) is 10.2 Å². The molecule has 4 aromatic rings. The van der Waals surface area contributed by atoms with Crippen molar-refractivity contribution in [3.63, 3.8) is 0 Å². The fourth-order valence-electron chi connectivity index (χ4n) is 3.89. The van der Waals surface area contributed by atoms with Crippen LogP contribution < -0.4 is 10.2 Å². The Balaban J connectivity index is 1.09. The molecule has 0 radical (unpaired) electrons. The van der Waals surface area contributed by atoms with Crippen molar-refractivity contribution >= 4 is 35.0 Å². The van der Waals surface area contributed by atoms with Gasteiger partial charge in [0.1, 0.15) is 0 Å². The van der Waals surface area contributed by atoms with Crippen LogP contribution in [0.1, 0.15) is 10.4 Å². The first-order valence-electron chi connectivity index (χ1n) is 11.5. The van der Waals surface area contributed by atoms with E-state index in [-0.39, 0.29) is 17.6 Å². The molecular weight excluding hydrogens is 476 g/mol. The Hall–Kier alpha value is -4.18. The molecule has 1 aliphatic heterocycles. The molecule has 2 aromatic carbocycles. The third kappa shape index (κ3) is 5.72. The van der Waals surface area contributed by atoms with Crippen LogP contribution in [0.2, 0.25) is 0 Å². The van der Waals surface area contributed by atoms with Gasteiger partial charge in [0.05, 0.1) is 11.3 Å². The summed E-state index contributed by atoms with van der Waals surface area (Å²) in [6.45, 7) is 2.85. The average molecular weight is 501 g/mol. The van der Waals surface area contributed by atoms with Gasteiger partial charge in [-0.05, 0) is 48.5 Å². The maximum atomic E-state index is 12.7. The Morgan fingerprint density at radius 1 is 0.917 bits per heavy atom. The van der Waals surface area contributed by atoms with Crippen molar-refractivity contribution in [2.75, 3.05) is 42.1 Å². The topological polar surface area (TPSA) is 104 Å². The van der Waals surface area contributed by atoms with Gasteiger partial charge in [0.15, 0.2) is 0 Å². The molecule has 0 spiro atoms. The summed E-state index contributed by atoms with van der Waals surface area (Å²) < 4.78 is 5.59. The van der Waals surface area contributed by atoms with E-state index in [1.165, 1.54) is 11.8 Å². The van der Waals surface area contributed by atoms with E-state index in [9.17, 15) is 9.59 Å². The van der Waals surface area contributed by atoms with Crippen LogP contribution in [0.5, 0.6) is 0 Å². The zero-order valence-corrected chi connectivity index (χ0v) is 20.2. The third-order valence-corrected chi connectivity index (χ3v) is 6.56. The number of aromatic nitrogens is 3. The number of nitrogens with zero attached hydrogens (tertiary/aromatic N) is 5. The van der Waals surface area contributed by atoms with E-state index in [4.69, 9.17) is 4.42 Å². The van der Waals surface area contributed by atoms with Crippen LogP contribution in [0, 0.1) is 0 Å². The lowest BCUT2D eigenvalue weighted by Gasteiger charge is -2.36. The van der Waals surface area contributed by atoms with Gasteiger partial charge in [0.25, 0.3) is 11.1 Å². The summed E-state index contributed by atoms with van der Waals surface area (Å²) in [6, 6.07) is 20.7. The molecule has 1 fully saturated rings. The summed E-state index contributed by atoms with van der Waals surface area (Å²) in [5, 5.41) is 11.2. The molecule has 10 heteroatoms. The van der Waals surface area contributed by atoms with Gasteiger partial charge in [-0.1, -0.05) is 30.0 Å². The van der Waals surface area contributed by atoms with Gasteiger partial charge in [-0.3, -0.25) is 14.6 Å². The minimum Gasteiger partial charge on any atom is -0.411 e. The summed E-state index contributed by atoms with van der Waals surface area (Å²) in [5.74, 6) is 0.419. The van der Waals surface area contributed by atoms with Crippen LogP contribution in [-0.4, -0.2) is 63.8 Å². The minimum absolute atomic E-state index is 0.0695. The van der Waals surface area contributed by atoms with Crippen LogP contribution in [-0.2, 0) is 4.79 Å². The van der Waals surface area contributed by atoms with Gasteiger partial charge in [-0.25, -0.2) is 0 Å². The Morgan fingerprint density at radius 2 is 1.69 bits per heavy atom. The van der Waals surface area contributed by atoms with Gasteiger partial charge in [0, 0.05) is 55.5 Å². The smallest absolute Gasteiger partial charge is 0.277 e. The van der Waals surface area contributed by atoms with E-state index in [0.717, 1.165) is 29.9 Å². The second-order valence-corrected chi connectivity index (χ2v) is 9.07. The molecule has 3 heterocycles. The SMILES string of the molecule is O=C(CSc1nnc(-c2cccnc2)o1)Nc1ccc(N2CCN(C(=O)c3ccccc3)CC2)cc1. The van der Waals surface area contributed by atoms with Crippen molar-refractivity contribution in [2.45, 2.75) is 5.22 Å². The van der Waals surface area contributed by atoms with Crippen molar-refractivity contribution in [1.29, 1.82) is 0 Å². The van der Waals surface area contributed by atoms with Gasteiger partial charge in [-0.2, -0.15) is 0 Å². The zero-order chi connectivity index (χ0) is 24.7. The Labute approximate surface area is 212 Å². The van der Waals surface area contributed by atoms with Crippen LogP contribution in [0.25, 0.3) is 11.5 Å². The van der Waals surface area contributed by atoms with Crippen LogP contribution in [0.4, 0.5) is 11.4 Å². The lowest BCUT2D eigenvalue weighted by atomic mass is 10.1. The highest BCUT2D eigenvalue weighted by molar-refractivity contribution is 7.99. The Kier molecular flexibility index (Phi) is 7.23. The van der Waals surface area contributed by atoms with Gasteiger partial charge < -0.3 is 19.5 Å². The first-order chi connectivity index (χ1) is 17.7. The second kappa shape index (κ2) is 11.0. The lowest BCUT2D eigenvalue weighted by Crippen LogP contribution is -2.48. The van der Waals surface area contributed by atoms with Crippen molar-refractivity contribution in [3.8, 4) is 11.5 Å². The number of carbonyl (C=O) groups is 2. The van der Waals surface area contributed by atoms with E-state index in [1.54, 1.807) is 18.5 Å². The summed E-state index contributed by atoms with van der Waals surface area (Å²) in [5.41, 5.74) is 3.22. The van der Waals surface area contributed by atoms with Gasteiger partial charge in [0.2, 0.25) is 11.8 Å². The summed E-state index contributed by atoms with van der Waals surface area (Å²) in [6.07, 6.45) is 3.31. The second-order valence-electron chi connectivity index (χ2n) is 8.14. The molecule has 0 unspecified atom stereocenters. The highest BCUT2D eigenvalue weighted by atomic mass is 32.2. The molecule has 0 atom stereocenters. The molecule has 0 aliphatic carbocycles. The Morgan fingerprint density at radius 3 is 2.42 bits per heavy atom. The van der Waals surface area contributed by atoms with Crippen LogP contribution >= 0.6 is 11.8 Å². The van der Waals surface area contributed by atoms with Crippen LogP contribution in [0.3, 0.4) is 0 Å². The predicted octanol–water partition coefficient (Wildman–Crippen LogP) is 3.82. The first kappa shape index (κ1) is 23.6. The monoisotopic (exact) mass is 500 g/mol. The lowest BCUT2D eigenvalue weighted by molar-refractivity contribution is -0.113. The molecule has 5 rings (SSSR count). The highest BCUT2D eigenvalue weighted by Gasteiger charge is 2.22. The zero-order valence-electron chi connectivity index (χ0n) is 19.4. The largest absolute Gasteiger partial charge is 0.411 e. The summed E-state index contributed by atoms with van der Waals surface area (Å²) in [4.78, 5) is 33.2. The van der Waals surface area contributed by atoms with Crippen LogP contribution in [0.15, 0.2) is 88.8 Å². The molecule has 0 bridgehead atoms.